The summed E-state index contributed by atoms with van der Waals surface area (Å²) in [5.74, 6) is -1.32. The number of fused-ring (bicyclic) bond motifs is 3. The molecule has 2 amide bonds. The maximum atomic E-state index is 12.8. The molecule has 0 heterocycles. The van der Waals surface area contributed by atoms with Crippen LogP contribution in [-0.2, 0) is 14.3 Å². The largest absolute Gasteiger partial charge is 0.481 e. The molecule has 7 nitrogen and oxygen atoms in total. The van der Waals surface area contributed by atoms with Crippen molar-refractivity contribution in [2.45, 2.75) is 64.0 Å². The molecular formula is C26H32N2O5. The van der Waals surface area contributed by atoms with Crippen LogP contribution >= 0.6 is 0 Å². The number of aliphatic carboxylic acids is 1. The highest BCUT2D eigenvalue weighted by atomic mass is 16.5. The van der Waals surface area contributed by atoms with Gasteiger partial charge in [-0.3, -0.25) is 9.59 Å². The summed E-state index contributed by atoms with van der Waals surface area (Å²) in [4.78, 5) is 36.3. The predicted molar refractivity (Wildman–Crippen MR) is 126 cm³/mol. The zero-order chi connectivity index (χ0) is 24.0. The highest BCUT2D eigenvalue weighted by Crippen LogP contribution is 2.44. The summed E-state index contributed by atoms with van der Waals surface area (Å²) in [7, 11) is 0. The minimum atomic E-state index is -0.917. The lowest BCUT2D eigenvalue weighted by Crippen LogP contribution is -2.53. The first kappa shape index (κ1) is 24.3. The van der Waals surface area contributed by atoms with Gasteiger partial charge < -0.3 is 20.5 Å². The summed E-state index contributed by atoms with van der Waals surface area (Å²) in [5, 5.41) is 14.4. The first-order valence-electron chi connectivity index (χ1n) is 11.4. The van der Waals surface area contributed by atoms with E-state index in [4.69, 9.17) is 9.84 Å². The Bertz CT molecular complexity index is 972. The maximum absolute atomic E-state index is 12.8. The topological polar surface area (TPSA) is 105 Å². The van der Waals surface area contributed by atoms with Crippen molar-refractivity contribution in [3.05, 3.63) is 59.7 Å². The zero-order valence-electron chi connectivity index (χ0n) is 19.4. The highest BCUT2D eigenvalue weighted by molar-refractivity contribution is 5.86. The number of amides is 2. The molecule has 0 unspecified atom stereocenters. The Morgan fingerprint density at radius 3 is 2.15 bits per heavy atom. The second-order valence-corrected chi connectivity index (χ2v) is 9.08. The summed E-state index contributed by atoms with van der Waals surface area (Å²) in [6, 6.07) is 15.4. The van der Waals surface area contributed by atoms with Gasteiger partial charge in [0.15, 0.2) is 0 Å². The van der Waals surface area contributed by atoms with Gasteiger partial charge in [0.2, 0.25) is 5.91 Å². The lowest BCUT2D eigenvalue weighted by Gasteiger charge is -2.28. The number of hydrogen-bond donors (Lipinski definition) is 3. The Morgan fingerprint density at radius 2 is 1.61 bits per heavy atom. The van der Waals surface area contributed by atoms with Gasteiger partial charge in [0, 0.05) is 17.9 Å². The summed E-state index contributed by atoms with van der Waals surface area (Å²) in [6.07, 6.45) is 0.736. The van der Waals surface area contributed by atoms with E-state index in [1.807, 2.05) is 43.3 Å². The molecule has 3 N–H and O–H groups in total. The van der Waals surface area contributed by atoms with E-state index < -0.39 is 23.6 Å². The maximum Gasteiger partial charge on any atom is 0.407 e. The summed E-state index contributed by atoms with van der Waals surface area (Å²) in [6.45, 7) is 5.63. The quantitative estimate of drug-likeness (QED) is 0.494. The molecular weight excluding hydrogens is 420 g/mol. The van der Waals surface area contributed by atoms with E-state index in [-0.39, 0.29) is 31.3 Å². The van der Waals surface area contributed by atoms with E-state index in [9.17, 15) is 14.4 Å². The minimum Gasteiger partial charge on any atom is -0.481 e. The SMILES string of the molecule is CCC[C@H](NC(=O)OCC1c2ccccc2-c2ccccc21)C(=O)NC(C)(C)CCC(=O)O. The van der Waals surface area contributed by atoms with Crippen molar-refractivity contribution in [2.24, 2.45) is 0 Å². The summed E-state index contributed by atoms with van der Waals surface area (Å²) < 4.78 is 5.57. The van der Waals surface area contributed by atoms with Gasteiger partial charge in [0.25, 0.3) is 0 Å². The molecule has 33 heavy (non-hydrogen) atoms. The lowest BCUT2D eigenvalue weighted by molar-refractivity contribution is -0.138. The van der Waals surface area contributed by atoms with Gasteiger partial charge in [-0.05, 0) is 48.9 Å². The van der Waals surface area contributed by atoms with Gasteiger partial charge in [-0.15, -0.1) is 0 Å². The molecule has 176 valence electrons. The van der Waals surface area contributed by atoms with Crippen molar-refractivity contribution >= 4 is 18.0 Å². The van der Waals surface area contributed by atoms with Gasteiger partial charge in [-0.25, -0.2) is 4.79 Å². The van der Waals surface area contributed by atoms with E-state index in [0.717, 1.165) is 22.3 Å². The van der Waals surface area contributed by atoms with Crippen LogP contribution in [0.4, 0.5) is 4.79 Å². The van der Waals surface area contributed by atoms with Crippen LogP contribution < -0.4 is 10.6 Å². The fraction of sp³-hybridized carbons (Fsp3) is 0.423. The summed E-state index contributed by atoms with van der Waals surface area (Å²) in [5.41, 5.74) is 3.83. The number of ether oxygens (including phenoxy) is 1. The molecule has 3 rings (SSSR count). The van der Waals surface area contributed by atoms with Gasteiger partial charge in [0.1, 0.15) is 12.6 Å². The molecule has 0 radical (unpaired) electrons. The molecule has 0 aliphatic heterocycles. The Labute approximate surface area is 194 Å². The predicted octanol–water partition coefficient (Wildman–Crippen LogP) is 4.45. The van der Waals surface area contributed by atoms with Crippen molar-refractivity contribution in [2.75, 3.05) is 6.61 Å². The van der Waals surface area contributed by atoms with E-state index in [2.05, 4.69) is 22.8 Å². The zero-order valence-corrected chi connectivity index (χ0v) is 19.4. The van der Waals surface area contributed by atoms with E-state index in [1.54, 1.807) is 13.8 Å². The van der Waals surface area contributed by atoms with Crippen molar-refractivity contribution in [1.29, 1.82) is 0 Å². The van der Waals surface area contributed by atoms with Crippen LogP contribution in [0.2, 0.25) is 0 Å². The minimum absolute atomic E-state index is 0.0501. The smallest absolute Gasteiger partial charge is 0.407 e. The Balaban J connectivity index is 1.61. The normalized spacial score (nSPS) is 13.5. The lowest BCUT2D eigenvalue weighted by atomic mass is 9.97. The molecule has 0 fully saturated rings. The van der Waals surface area contributed by atoms with Crippen LogP contribution in [0.5, 0.6) is 0 Å². The number of carbonyl (C=O) groups is 3. The molecule has 0 spiro atoms. The van der Waals surface area contributed by atoms with Gasteiger partial charge in [-0.2, -0.15) is 0 Å². The molecule has 1 atom stereocenters. The second-order valence-electron chi connectivity index (χ2n) is 9.08. The third-order valence-corrected chi connectivity index (χ3v) is 5.96. The fourth-order valence-electron chi connectivity index (χ4n) is 4.24. The van der Waals surface area contributed by atoms with Crippen LogP contribution in [0.1, 0.15) is 63.5 Å². The van der Waals surface area contributed by atoms with Gasteiger partial charge >= 0.3 is 12.1 Å². The summed E-state index contributed by atoms with van der Waals surface area (Å²) >= 11 is 0. The van der Waals surface area contributed by atoms with Crippen LogP contribution in [0.3, 0.4) is 0 Å². The van der Waals surface area contributed by atoms with Crippen molar-refractivity contribution < 1.29 is 24.2 Å². The molecule has 7 heteroatoms. The monoisotopic (exact) mass is 452 g/mol. The highest BCUT2D eigenvalue weighted by Gasteiger charge is 2.30. The number of carboxylic acid groups (broad SMARTS) is 1. The van der Waals surface area contributed by atoms with Crippen molar-refractivity contribution in [3.63, 3.8) is 0 Å². The van der Waals surface area contributed by atoms with E-state index >= 15 is 0 Å². The molecule has 2 aromatic carbocycles. The van der Waals surface area contributed by atoms with Crippen LogP contribution in [0.25, 0.3) is 11.1 Å². The number of nitrogens with one attached hydrogen (secondary N) is 2. The standard InChI is InChI=1S/C26H32N2O5/c1-4-9-22(24(31)28-26(2,3)15-14-23(29)30)27-25(32)33-16-21-19-12-7-5-10-17(19)18-11-6-8-13-20(18)21/h5-8,10-13,21-22H,4,9,14-16H2,1-3H3,(H,27,32)(H,28,31)(H,29,30)/t22-/m0/s1. The molecule has 0 bridgehead atoms. The third-order valence-electron chi connectivity index (χ3n) is 5.96. The first-order chi connectivity index (χ1) is 15.7. The van der Waals surface area contributed by atoms with E-state index in [1.165, 1.54) is 0 Å². The molecule has 1 aliphatic carbocycles. The number of carboxylic acids is 1. The second kappa shape index (κ2) is 10.5. The third kappa shape index (κ3) is 6.12. The Morgan fingerprint density at radius 1 is 1.03 bits per heavy atom. The number of benzene rings is 2. The average molecular weight is 453 g/mol. The van der Waals surface area contributed by atoms with Crippen LogP contribution in [0.15, 0.2) is 48.5 Å². The average Bonchev–Trinajstić information content (AvgIpc) is 3.09. The first-order valence-corrected chi connectivity index (χ1v) is 11.4. The number of alkyl carbamates (subject to hydrolysis) is 1. The molecule has 0 saturated heterocycles. The fourth-order valence-corrected chi connectivity index (χ4v) is 4.24. The van der Waals surface area contributed by atoms with Crippen molar-refractivity contribution in [3.8, 4) is 11.1 Å². The Kier molecular flexibility index (Phi) is 7.74. The molecule has 1 aliphatic rings. The van der Waals surface area contributed by atoms with Crippen molar-refractivity contribution in [1.82, 2.24) is 10.6 Å². The number of carbonyl (C=O) groups excluding carboxylic acids is 2. The Hall–Kier alpha value is -3.35. The number of hydrogen-bond acceptors (Lipinski definition) is 4. The molecule has 0 aromatic heterocycles. The number of rotatable bonds is 10. The van der Waals surface area contributed by atoms with Gasteiger partial charge in [0.05, 0.1) is 0 Å². The molecule has 2 aromatic rings. The van der Waals surface area contributed by atoms with Gasteiger partial charge in [-0.1, -0.05) is 61.9 Å². The van der Waals surface area contributed by atoms with Crippen LogP contribution in [0, 0.1) is 0 Å². The van der Waals surface area contributed by atoms with Crippen LogP contribution in [-0.4, -0.2) is 41.3 Å². The molecule has 0 saturated carbocycles. The van der Waals surface area contributed by atoms with E-state index in [0.29, 0.717) is 12.8 Å².